The number of thioether (sulfide) groups is 1. The summed E-state index contributed by atoms with van der Waals surface area (Å²) in [5.74, 6) is 0.748. The maximum Gasteiger partial charge on any atom is 0.251 e. The lowest BCUT2D eigenvalue weighted by Crippen LogP contribution is -2.26. The van der Waals surface area contributed by atoms with Gasteiger partial charge in [0.25, 0.3) is 5.91 Å². The SMILES string of the molecule is COCCNC(=O)c1ccc(Cn2c(SCc3ccc(C)cc3)nc3ccncc32)cc1. The minimum atomic E-state index is -0.0970. The van der Waals surface area contributed by atoms with E-state index in [1.807, 2.05) is 36.5 Å². The lowest BCUT2D eigenvalue weighted by atomic mass is 10.1. The van der Waals surface area contributed by atoms with Crippen molar-refractivity contribution in [2.45, 2.75) is 24.4 Å². The molecule has 0 saturated carbocycles. The molecule has 2 aromatic carbocycles. The monoisotopic (exact) mass is 446 g/mol. The molecule has 2 heterocycles. The highest BCUT2D eigenvalue weighted by Crippen LogP contribution is 2.27. The molecule has 0 saturated heterocycles. The highest BCUT2D eigenvalue weighted by molar-refractivity contribution is 7.98. The van der Waals surface area contributed by atoms with Crippen LogP contribution in [0.1, 0.15) is 27.0 Å². The highest BCUT2D eigenvalue weighted by Gasteiger charge is 2.13. The van der Waals surface area contributed by atoms with Gasteiger partial charge in [0.2, 0.25) is 0 Å². The van der Waals surface area contributed by atoms with Gasteiger partial charge in [-0.3, -0.25) is 9.78 Å². The van der Waals surface area contributed by atoms with Gasteiger partial charge in [0.15, 0.2) is 5.16 Å². The summed E-state index contributed by atoms with van der Waals surface area (Å²) in [6.45, 7) is 3.74. The first-order valence-corrected chi connectivity index (χ1v) is 11.5. The van der Waals surface area contributed by atoms with E-state index >= 15 is 0 Å². The summed E-state index contributed by atoms with van der Waals surface area (Å²) in [4.78, 5) is 21.4. The topological polar surface area (TPSA) is 69.0 Å². The molecule has 1 N–H and O–H groups in total. The average molecular weight is 447 g/mol. The van der Waals surface area contributed by atoms with Crippen molar-refractivity contribution in [1.29, 1.82) is 0 Å². The van der Waals surface area contributed by atoms with Gasteiger partial charge in [-0.05, 0) is 36.2 Å². The fourth-order valence-corrected chi connectivity index (χ4v) is 4.33. The van der Waals surface area contributed by atoms with Crippen LogP contribution >= 0.6 is 11.8 Å². The van der Waals surface area contributed by atoms with Crippen molar-refractivity contribution in [3.63, 3.8) is 0 Å². The van der Waals surface area contributed by atoms with Gasteiger partial charge in [-0.15, -0.1) is 0 Å². The molecular formula is C25H26N4O2S. The van der Waals surface area contributed by atoms with E-state index in [9.17, 15) is 4.79 Å². The number of nitrogens with zero attached hydrogens (tertiary/aromatic N) is 3. The lowest BCUT2D eigenvalue weighted by molar-refractivity contribution is 0.0937. The van der Waals surface area contributed by atoms with E-state index in [1.54, 1.807) is 25.1 Å². The van der Waals surface area contributed by atoms with Crippen LogP contribution < -0.4 is 5.32 Å². The van der Waals surface area contributed by atoms with Crippen LogP contribution in [0.4, 0.5) is 0 Å². The Morgan fingerprint density at radius 3 is 2.56 bits per heavy atom. The Hall–Kier alpha value is -3.16. The third-order valence-corrected chi connectivity index (χ3v) is 6.20. The van der Waals surface area contributed by atoms with Crippen molar-refractivity contribution in [1.82, 2.24) is 19.9 Å². The van der Waals surface area contributed by atoms with Crippen LogP contribution in [0.5, 0.6) is 0 Å². The first kappa shape index (κ1) is 22.0. The minimum absolute atomic E-state index is 0.0970. The van der Waals surface area contributed by atoms with Crippen LogP contribution in [0.15, 0.2) is 72.1 Å². The maximum absolute atomic E-state index is 12.2. The summed E-state index contributed by atoms with van der Waals surface area (Å²) >= 11 is 1.72. The van der Waals surface area contributed by atoms with Crippen molar-refractivity contribution < 1.29 is 9.53 Å². The van der Waals surface area contributed by atoms with Crippen molar-refractivity contribution in [2.75, 3.05) is 20.3 Å². The Labute approximate surface area is 192 Å². The Bertz CT molecular complexity index is 1190. The number of hydrogen-bond donors (Lipinski definition) is 1. The Balaban J connectivity index is 1.52. The van der Waals surface area contributed by atoms with E-state index in [1.165, 1.54) is 11.1 Å². The molecule has 0 spiro atoms. The zero-order valence-corrected chi connectivity index (χ0v) is 19.1. The van der Waals surface area contributed by atoms with Crippen LogP contribution in [-0.2, 0) is 17.0 Å². The van der Waals surface area contributed by atoms with E-state index in [2.05, 4.69) is 46.1 Å². The summed E-state index contributed by atoms with van der Waals surface area (Å²) < 4.78 is 7.16. The van der Waals surface area contributed by atoms with Gasteiger partial charge in [0.1, 0.15) is 0 Å². The second kappa shape index (κ2) is 10.4. The summed E-state index contributed by atoms with van der Waals surface area (Å²) in [5, 5.41) is 3.80. The first-order valence-electron chi connectivity index (χ1n) is 10.5. The number of carbonyl (C=O) groups is 1. The second-order valence-electron chi connectivity index (χ2n) is 7.56. The van der Waals surface area contributed by atoms with Crippen LogP contribution in [-0.4, -0.2) is 40.7 Å². The van der Waals surface area contributed by atoms with Gasteiger partial charge >= 0.3 is 0 Å². The fourth-order valence-electron chi connectivity index (χ4n) is 3.36. The van der Waals surface area contributed by atoms with E-state index < -0.39 is 0 Å². The fraction of sp³-hybridized carbons (Fsp3) is 0.240. The molecule has 0 aliphatic rings. The number of rotatable bonds is 9. The van der Waals surface area contributed by atoms with Gasteiger partial charge in [0, 0.05) is 31.2 Å². The average Bonchev–Trinajstić information content (AvgIpc) is 3.16. The molecule has 0 aliphatic carbocycles. The molecule has 6 nitrogen and oxygen atoms in total. The Kier molecular flexibility index (Phi) is 7.19. The van der Waals surface area contributed by atoms with Crippen molar-refractivity contribution in [2.24, 2.45) is 0 Å². The summed E-state index contributed by atoms with van der Waals surface area (Å²) in [6, 6.07) is 18.2. The summed E-state index contributed by atoms with van der Waals surface area (Å²) in [5.41, 5.74) is 6.18. The molecule has 4 rings (SSSR count). The minimum Gasteiger partial charge on any atom is -0.383 e. The van der Waals surface area contributed by atoms with Crippen molar-refractivity contribution in [3.8, 4) is 0 Å². The number of nitrogens with one attached hydrogen (secondary N) is 1. The molecule has 0 radical (unpaired) electrons. The molecule has 1 amide bonds. The maximum atomic E-state index is 12.2. The normalized spacial score (nSPS) is 11.1. The Morgan fingerprint density at radius 1 is 1.06 bits per heavy atom. The molecule has 164 valence electrons. The van der Waals surface area contributed by atoms with E-state index in [0.717, 1.165) is 27.5 Å². The molecule has 2 aromatic heterocycles. The quantitative estimate of drug-likeness (QED) is 0.304. The molecule has 32 heavy (non-hydrogen) atoms. The molecule has 0 bridgehead atoms. The van der Waals surface area contributed by atoms with Crippen LogP contribution in [0, 0.1) is 6.92 Å². The largest absolute Gasteiger partial charge is 0.383 e. The molecule has 7 heteroatoms. The number of fused-ring (bicyclic) bond motifs is 1. The molecule has 4 aromatic rings. The first-order chi connectivity index (χ1) is 15.6. The number of carbonyl (C=O) groups excluding carboxylic acids is 1. The number of pyridine rings is 1. The third kappa shape index (κ3) is 5.36. The van der Waals surface area contributed by atoms with E-state index in [-0.39, 0.29) is 5.91 Å². The predicted octanol–water partition coefficient (Wildman–Crippen LogP) is 4.46. The number of methoxy groups -OCH3 is 1. The van der Waals surface area contributed by atoms with E-state index in [4.69, 9.17) is 9.72 Å². The highest BCUT2D eigenvalue weighted by atomic mass is 32.2. The Morgan fingerprint density at radius 2 is 1.81 bits per heavy atom. The van der Waals surface area contributed by atoms with Crippen LogP contribution in [0.25, 0.3) is 11.0 Å². The number of aryl methyl sites for hydroxylation is 1. The molecule has 0 aliphatic heterocycles. The molecule has 0 fully saturated rings. The molecular weight excluding hydrogens is 420 g/mol. The number of hydrogen-bond acceptors (Lipinski definition) is 5. The van der Waals surface area contributed by atoms with E-state index in [0.29, 0.717) is 25.3 Å². The van der Waals surface area contributed by atoms with Gasteiger partial charge in [0.05, 0.1) is 30.4 Å². The lowest BCUT2D eigenvalue weighted by Gasteiger charge is -2.10. The molecule has 0 unspecified atom stereocenters. The van der Waals surface area contributed by atoms with Crippen molar-refractivity contribution >= 4 is 28.7 Å². The zero-order valence-electron chi connectivity index (χ0n) is 18.2. The van der Waals surface area contributed by atoms with Gasteiger partial charge in [-0.2, -0.15) is 0 Å². The van der Waals surface area contributed by atoms with Crippen molar-refractivity contribution in [3.05, 3.63) is 89.2 Å². The number of benzene rings is 2. The van der Waals surface area contributed by atoms with Gasteiger partial charge in [-0.1, -0.05) is 53.7 Å². The number of imidazole rings is 1. The van der Waals surface area contributed by atoms with Crippen LogP contribution in [0.3, 0.4) is 0 Å². The number of aromatic nitrogens is 3. The predicted molar refractivity (Wildman–Crippen MR) is 128 cm³/mol. The summed E-state index contributed by atoms with van der Waals surface area (Å²) in [6.07, 6.45) is 3.63. The summed E-state index contributed by atoms with van der Waals surface area (Å²) in [7, 11) is 1.61. The smallest absolute Gasteiger partial charge is 0.251 e. The zero-order chi connectivity index (χ0) is 22.3. The second-order valence-corrected chi connectivity index (χ2v) is 8.51. The van der Waals surface area contributed by atoms with Gasteiger partial charge < -0.3 is 14.6 Å². The molecule has 0 atom stereocenters. The van der Waals surface area contributed by atoms with Gasteiger partial charge in [-0.25, -0.2) is 4.98 Å². The number of ether oxygens (including phenoxy) is 1. The van der Waals surface area contributed by atoms with Crippen LogP contribution in [0.2, 0.25) is 0 Å². The number of amides is 1. The standard InChI is InChI=1S/C25H26N4O2S/c1-18-3-5-20(6-4-18)17-32-25-28-22-11-12-26-15-23(22)29(25)16-19-7-9-21(10-8-19)24(30)27-13-14-31-2/h3-12,15H,13-14,16-17H2,1-2H3,(H,27,30). The third-order valence-electron chi connectivity index (χ3n) is 5.15.